The SMILES string of the molecule is CCc1ccc(-n2nc(N3CCC[C@H](C(=O)NCc4ccc(OC)cc4OC)C3)ccc2=O)cc1. The molecule has 8 nitrogen and oxygen atoms in total. The van der Waals surface area contributed by atoms with Gasteiger partial charge in [-0.2, -0.15) is 4.68 Å². The van der Waals surface area contributed by atoms with Crippen LogP contribution in [0.15, 0.2) is 59.4 Å². The summed E-state index contributed by atoms with van der Waals surface area (Å²) in [5, 5.41) is 7.67. The van der Waals surface area contributed by atoms with Crippen molar-refractivity contribution in [1.82, 2.24) is 15.1 Å². The molecule has 2 aromatic carbocycles. The highest BCUT2D eigenvalue weighted by molar-refractivity contribution is 5.79. The van der Waals surface area contributed by atoms with Gasteiger partial charge in [0.15, 0.2) is 0 Å². The van der Waals surface area contributed by atoms with Crippen molar-refractivity contribution in [3.8, 4) is 17.2 Å². The number of anilines is 1. The lowest BCUT2D eigenvalue weighted by Crippen LogP contribution is -2.43. The van der Waals surface area contributed by atoms with Gasteiger partial charge in [0.2, 0.25) is 5.91 Å². The summed E-state index contributed by atoms with van der Waals surface area (Å²) in [6.45, 7) is 3.80. The number of nitrogens with one attached hydrogen (secondary N) is 1. The van der Waals surface area contributed by atoms with Gasteiger partial charge >= 0.3 is 0 Å². The van der Waals surface area contributed by atoms with Gasteiger partial charge in [-0.15, -0.1) is 5.10 Å². The van der Waals surface area contributed by atoms with E-state index in [-0.39, 0.29) is 17.4 Å². The normalized spacial score (nSPS) is 15.5. The van der Waals surface area contributed by atoms with Crippen LogP contribution in [0.1, 0.15) is 30.9 Å². The average Bonchev–Trinajstić information content (AvgIpc) is 2.92. The lowest BCUT2D eigenvalue weighted by molar-refractivity contribution is -0.125. The first-order chi connectivity index (χ1) is 17.0. The van der Waals surface area contributed by atoms with Crippen molar-refractivity contribution >= 4 is 11.7 Å². The zero-order chi connectivity index (χ0) is 24.8. The zero-order valence-corrected chi connectivity index (χ0v) is 20.5. The molecule has 0 bridgehead atoms. The maximum Gasteiger partial charge on any atom is 0.271 e. The molecule has 0 spiro atoms. The third-order valence-electron chi connectivity index (χ3n) is 6.44. The van der Waals surface area contributed by atoms with Gasteiger partial charge in [-0.1, -0.05) is 19.1 Å². The van der Waals surface area contributed by atoms with Crippen molar-refractivity contribution in [3.05, 3.63) is 76.1 Å². The lowest BCUT2D eigenvalue weighted by atomic mass is 9.97. The standard InChI is InChI=1S/C27H32N4O4/c1-4-19-7-10-22(11-8-19)31-26(32)14-13-25(29-31)30-15-5-6-21(18-30)27(33)28-17-20-9-12-23(34-2)16-24(20)35-3/h7-14,16,21H,4-6,15,17-18H2,1-3H3,(H,28,33)/t21-/m0/s1. The van der Waals surface area contributed by atoms with Crippen molar-refractivity contribution < 1.29 is 14.3 Å². The Morgan fingerprint density at radius 3 is 2.60 bits per heavy atom. The number of amides is 1. The molecule has 1 fully saturated rings. The van der Waals surface area contributed by atoms with Crippen LogP contribution in [0, 0.1) is 5.92 Å². The summed E-state index contributed by atoms with van der Waals surface area (Å²) >= 11 is 0. The number of carbonyl (C=O) groups is 1. The van der Waals surface area contributed by atoms with E-state index in [1.165, 1.54) is 16.3 Å². The number of methoxy groups -OCH3 is 2. The van der Waals surface area contributed by atoms with Gasteiger partial charge in [-0.05, 0) is 55.2 Å². The van der Waals surface area contributed by atoms with Crippen molar-refractivity contribution in [2.24, 2.45) is 5.92 Å². The van der Waals surface area contributed by atoms with E-state index < -0.39 is 0 Å². The fraction of sp³-hybridized carbons (Fsp3) is 0.370. The topological polar surface area (TPSA) is 85.7 Å². The molecule has 2 heterocycles. The van der Waals surface area contributed by atoms with Gasteiger partial charge < -0.3 is 19.7 Å². The second-order valence-electron chi connectivity index (χ2n) is 8.64. The van der Waals surface area contributed by atoms with Gasteiger partial charge in [0.25, 0.3) is 5.56 Å². The number of piperidine rings is 1. The van der Waals surface area contributed by atoms with Crippen molar-refractivity contribution in [2.75, 3.05) is 32.2 Å². The smallest absolute Gasteiger partial charge is 0.271 e. The minimum atomic E-state index is -0.183. The predicted molar refractivity (Wildman–Crippen MR) is 136 cm³/mol. The highest BCUT2D eigenvalue weighted by Gasteiger charge is 2.27. The van der Waals surface area contributed by atoms with Crippen LogP contribution >= 0.6 is 0 Å². The predicted octanol–water partition coefficient (Wildman–Crippen LogP) is 3.34. The van der Waals surface area contributed by atoms with Crippen LogP contribution in [-0.4, -0.2) is 43.0 Å². The summed E-state index contributed by atoms with van der Waals surface area (Å²) in [7, 11) is 3.21. The Bertz CT molecular complexity index is 1220. The quantitative estimate of drug-likeness (QED) is 0.537. The number of hydrogen-bond acceptors (Lipinski definition) is 6. The molecule has 0 unspecified atom stereocenters. The minimum Gasteiger partial charge on any atom is -0.497 e. The maximum atomic E-state index is 13.0. The van der Waals surface area contributed by atoms with Crippen LogP contribution in [0.3, 0.4) is 0 Å². The number of ether oxygens (including phenoxy) is 2. The molecule has 1 atom stereocenters. The summed E-state index contributed by atoms with van der Waals surface area (Å²) in [5.41, 5.74) is 2.64. The van der Waals surface area contributed by atoms with E-state index in [1.807, 2.05) is 36.4 Å². The van der Waals surface area contributed by atoms with E-state index in [0.717, 1.165) is 37.1 Å². The van der Waals surface area contributed by atoms with Gasteiger partial charge in [0.1, 0.15) is 17.3 Å². The largest absolute Gasteiger partial charge is 0.497 e. The van der Waals surface area contributed by atoms with Crippen LogP contribution in [0.4, 0.5) is 5.82 Å². The molecule has 1 saturated heterocycles. The molecule has 4 rings (SSSR count). The zero-order valence-electron chi connectivity index (χ0n) is 20.5. The van der Waals surface area contributed by atoms with Gasteiger partial charge in [-0.25, -0.2) is 0 Å². The van der Waals surface area contributed by atoms with E-state index in [4.69, 9.17) is 9.47 Å². The lowest BCUT2D eigenvalue weighted by Gasteiger charge is -2.33. The van der Waals surface area contributed by atoms with Crippen LogP contribution in [-0.2, 0) is 17.8 Å². The Kier molecular flexibility index (Phi) is 7.70. The van der Waals surface area contributed by atoms with Gasteiger partial charge in [-0.3, -0.25) is 9.59 Å². The first-order valence-corrected chi connectivity index (χ1v) is 12.0. The summed E-state index contributed by atoms with van der Waals surface area (Å²) in [6.07, 6.45) is 2.61. The molecule has 184 valence electrons. The molecule has 1 aliphatic rings. The van der Waals surface area contributed by atoms with Crippen molar-refractivity contribution in [1.29, 1.82) is 0 Å². The Morgan fingerprint density at radius 2 is 1.89 bits per heavy atom. The van der Waals surface area contributed by atoms with E-state index >= 15 is 0 Å². The number of nitrogens with zero attached hydrogens (tertiary/aromatic N) is 3. The molecule has 0 aliphatic carbocycles. The van der Waals surface area contributed by atoms with Gasteiger partial charge in [0.05, 0.1) is 25.8 Å². The summed E-state index contributed by atoms with van der Waals surface area (Å²) in [4.78, 5) is 27.6. The molecule has 8 heteroatoms. The molecule has 0 radical (unpaired) electrons. The second-order valence-corrected chi connectivity index (χ2v) is 8.64. The Hall–Kier alpha value is -3.81. The third kappa shape index (κ3) is 5.65. The number of hydrogen-bond donors (Lipinski definition) is 1. The summed E-state index contributed by atoms with van der Waals surface area (Å²) < 4.78 is 12.1. The fourth-order valence-electron chi connectivity index (χ4n) is 4.35. The second kappa shape index (κ2) is 11.1. The van der Waals surface area contributed by atoms with E-state index in [0.29, 0.717) is 30.4 Å². The molecule has 35 heavy (non-hydrogen) atoms. The third-order valence-corrected chi connectivity index (χ3v) is 6.44. The Morgan fingerprint density at radius 1 is 1.09 bits per heavy atom. The van der Waals surface area contributed by atoms with Gasteiger partial charge in [0, 0.05) is 37.3 Å². The highest BCUT2D eigenvalue weighted by Crippen LogP contribution is 2.25. The van der Waals surface area contributed by atoms with E-state index in [9.17, 15) is 9.59 Å². The molecule has 3 aromatic rings. The van der Waals surface area contributed by atoms with Crippen molar-refractivity contribution in [3.63, 3.8) is 0 Å². The minimum absolute atomic E-state index is 0.00366. The van der Waals surface area contributed by atoms with Crippen LogP contribution in [0.5, 0.6) is 11.5 Å². The first-order valence-electron chi connectivity index (χ1n) is 12.0. The summed E-state index contributed by atoms with van der Waals surface area (Å²) in [6, 6.07) is 16.7. The molecular formula is C27H32N4O4. The van der Waals surface area contributed by atoms with Crippen LogP contribution in [0.2, 0.25) is 0 Å². The maximum absolute atomic E-state index is 13.0. The number of carbonyl (C=O) groups excluding carboxylic acids is 1. The molecule has 1 aliphatic heterocycles. The highest BCUT2D eigenvalue weighted by atomic mass is 16.5. The average molecular weight is 477 g/mol. The Labute approximate surface area is 205 Å². The van der Waals surface area contributed by atoms with Crippen LogP contribution in [0.25, 0.3) is 5.69 Å². The monoisotopic (exact) mass is 476 g/mol. The van der Waals surface area contributed by atoms with E-state index in [2.05, 4.69) is 22.2 Å². The summed E-state index contributed by atoms with van der Waals surface area (Å²) in [5.74, 6) is 1.90. The van der Waals surface area contributed by atoms with Crippen molar-refractivity contribution in [2.45, 2.75) is 32.7 Å². The molecule has 0 saturated carbocycles. The number of rotatable bonds is 8. The first kappa shape index (κ1) is 24.3. The molecule has 1 N–H and O–H groups in total. The molecular weight excluding hydrogens is 444 g/mol. The number of aromatic nitrogens is 2. The fourth-order valence-corrected chi connectivity index (χ4v) is 4.35. The number of benzene rings is 2. The number of aryl methyl sites for hydroxylation is 1. The van der Waals surface area contributed by atoms with Crippen LogP contribution < -0.4 is 25.2 Å². The molecule has 1 aromatic heterocycles. The van der Waals surface area contributed by atoms with E-state index in [1.54, 1.807) is 26.4 Å². The Balaban J connectivity index is 1.44. The molecule has 1 amide bonds.